The maximum atomic E-state index is 5.99. The van der Waals surface area contributed by atoms with Gasteiger partial charge in [0.2, 0.25) is 0 Å². The van der Waals surface area contributed by atoms with Gasteiger partial charge < -0.3 is 25.4 Å². The smallest absolute Gasteiger partial charge is 0.162 e. The molecule has 1 fully saturated rings. The number of fused-ring (bicyclic) bond motifs is 1. The molecule has 1 aromatic rings. The standard InChI is InChI=1S/C18H29N3O2/c1-13(11-19)21-12-18(7-5-4-6-8-18)20-14-9-16(22-2)17(23-3)10-15(14)21/h9-10,13,20H,4-8,11-12,19H2,1-3H3. The van der Waals surface area contributed by atoms with Crippen LogP contribution in [0.1, 0.15) is 39.0 Å². The van der Waals surface area contributed by atoms with Crippen molar-refractivity contribution in [2.45, 2.75) is 50.6 Å². The summed E-state index contributed by atoms with van der Waals surface area (Å²) in [4.78, 5) is 2.44. The minimum atomic E-state index is 0.161. The molecule has 1 unspecified atom stereocenters. The highest BCUT2D eigenvalue weighted by Gasteiger charge is 2.40. The van der Waals surface area contributed by atoms with Gasteiger partial charge in [-0.3, -0.25) is 0 Å². The zero-order chi connectivity index (χ0) is 16.4. The number of nitrogens with zero attached hydrogens (tertiary/aromatic N) is 1. The molecule has 0 saturated heterocycles. The van der Waals surface area contributed by atoms with Crippen LogP contribution in [0.3, 0.4) is 0 Å². The first kappa shape index (κ1) is 16.2. The number of anilines is 2. The molecule has 1 heterocycles. The van der Waals surface area contributed by atoms with Crippen molar-refractivity contribution >= 4 is 11.4 Å². The number of hydrogen-bond donors (Lipinski definition) is 2. The Morgan fingerprint density at radius 3 is 2.43 bits per heavy atom. The van der Waals surface area contributed by atoms with Crippen molar-refractivity contribution in [3.05, 3.63) is 12.1 Å². The fourth-order valence-corrected chi connectivity index (χ4v) is 3.97. The SMILES string of the molecule is COc1cc2c(cc1OC)N(C(C)CN)CC1(CCCCC1)N2. The van der Waals surface area contributed by atoms with Gasteiger partial charge in [0.15, 0.2) is 11.5 Å². The summed E-state index contributed by atoms with van der Waals surface area (Å²) in [5.74, 6) is 1.54. The van der Waals surface area contributed by atoms with E-state index in [2.05, 4.69) is 29.3 Å². The molecule has 1 aliphatic carbocycles. The van der Waals surface area contributed by atoms with Gasteiger partial charge in [-0.15, -0.1) is 0 Å². The monoisotopic (exact) mass is 319 g/mol. The first-order chi connectivity index (χ1) is 11.1. The number of ether oxygens (including phenoxy) is 2. The fraction of sp³-hybridized carbons (Fsp3) is 0.667. The van der Waals surface area contributed by atoms with E-state index < -0.39 is 0 Å². The molecule has 5 heteroatoms. The van der Waals surface area contributed by atoms with Gasteiger partial charge in [0.1, 0.15) is 0 Å². The van der Waals surface area contributed by atoms with Gasteiger partial charge >= 0.3 is 0 Å². The quantitative estimate of drug-likeness (QED) is 0.893. The van der Waals surface area contributed by atoms with Crippen molar-refractivity contribution in [2.75, 3.05) is 37.5 Å². The highest BCUT2D eigenvalue weighted by atomic mass is 16.5. The Bertz CT molecular complexity index is 555. The van der Waals surface area contributed by atoms with Gasteiger partial charge in [-0.25, -0.2) is 0 Å². The third kappa shape index (κ3) is 2.94. The lowest BCUT2D eigenvalue weighted by Gasteiger charge is -2.49. The van der Waals surface area contributed by atoms with Gasteiger partial charge in [-0.05, 0) is 19.8 Å². The molecule has 0 amide bonds. The second-order valence-corrected chi connectivity index (χ2v) is 6.90. The third-order valence-electron chi connectivity index (χ3n) is 5.37. The topological polar surface area (TPSA) is 59.8 Å². The van der Waals surface area contributed by atoms with Crippen molar-refractivity contribution in [2.24, 2.45) is 5.73 Å². The van der Waals surface area contributed by atoms with E-state index in [0.29, 0.717) is 12.6 Å². The van der Waals surface area contributed by atoms with Crippen molar-refractivity contribution in [1.29, 1.82) is 0 Å². The number of rotatable bonds is 4. The van der Waals surface area contributed by atoms with Crippen molar-refractivity contribution < 1.29 is 9.47 Å². The summed E-state index contributed by atoms with van der Waals surface area (Å²) in [5, 5.41) is 3.83. The molecule has 1 atom stereocenters. The Labute approximate surface area is 139 Å². The fourth-order valence-electron chi connectivity index (χ4n) is 3.97. The predicted molar refractivity (Wildman–Crippen MR) is 94.8 cm³/mol. The maximum absolute atomic E-state index is 5.99. The van der Waals surface area contributed by atoms with Crippen LogP contribution in [0.5, 0.6) is 11.5 Å². The zero-order valence-corrected chi connectivity index (χ0v) is 14.5. The molecule has 1 spiro atoms. The summed E-state index contributed by atoms with van der Waals surface area (Å²) >= 11 is 0. The normalized spacial score (nSPS) is 20.6. The summed E-state index contributed by atoms with van der Waals surface area (Å²) < 4.78 is 11.0. The first-order valence-electron chi connectivity index (χ1n) is 8.63. The first-order valence-corrected chi connectivity index (χ1v) is 8.63. The predicted octanol–water partition coefficient (Wildman–Crippen LogP) is 2.99. The zero-order valence-electron chi connectivity index (χ0n) is 14.5. The minimum Gasteiger partial charge on any atom is -0.493 e. The Morgan fingerprint density at radius 2 is 1.83 bits per heavy atom. The summed E-state index contributed by atoms with van der Waals surface area (Å²) in [5.41, 5.74) is 8.45. The molecule has 3 N–H and O–H groups in total. The van der Waals surface area contributed by atoms with Crippen molar-refractivity contribution in [3.63, 3.8) is 0 Å². The highest BCUT2D eigenvalue weighted by molar-refractivity contribution is 5.78. The second-order valence-electron chi connectivity index (χ2n) is 6.90. The molecule has 1 aliphatic heterocycles. The van der Waals surface area contributed by atoms with E-state index in [-0.39, 0.29) is 5.54 Å². The summed E-state index contributed by atoms with van der Waals surface area (Å²) in [6, 6.07) is 4.44. The van der Waals surface area contributed by atoms with Crippen LogP contribution in [-0.2, 0) is 0 Å². The summed E-state index contributed by atoms with van der Waals surface area (Å²) in [7, 11) is 3.36. The van der Waals surface area contributed by atoms with E-state index in [9.17, 15) is 0 Å². The van der Waals surface area contributed by atoms with Crippen LogP contribution in [0.2, 0.25) is 0 Å². The Balaban J connectivity index is 2.04. The van der Waals surface area contributed by atoms with E-state index in [0.717, 1.165) is 29.4 Å². The molecule has 0 radical (unpaired) electrons. The average Bonchev–Trinajstić information content (AvgIpc) is 2.59. The number of benzene rings is 1. The lowest BCUT2D eigenvalue weighted by molar-refractivity contribution is 0.311. The van der Waals surface area contributed by atoms with Gasteiger partial charge in [-0.2, -0.15) is 0 Å². The lowest BCUT2D eigenvalue weighted by atomic mass is 9.79. The van der Waals surface area contributed by atoms with Crippen LogP contribution in [-0.4, -0.2) is 38.9 Å². The third-order valence-corrected chi connectivity index (χ3v) is 5.37. The van der Waals surface area contributed by atoms with Crippen molar-refractivity contribution in [3.8, 4) is 11.5 Å². The van der Waals surface area contributed by atoms with E-state index in [4.69, 9.17) is 15.2 Å². The molecule has 23 heavy (non-hydrogen) atoms. The number of nitrogens with two attached hydrogens (primary N) is 1. The molecule has 0 bridgehead atoms. The Hall–Kier alpha value is -1.62. The molecule has 5 nitrogen and oxygen atoms in total. The number of hydrogen-bond acceptors (Lipinski definition) is 5. The lowest BCUT2D eigenvalue weighted by Crippen LogP contribution is -2.56. The molecule has 128 valence electrons. The van der Waals surface area contributed by atoms with Crippen LogP contribution in [0.4, 0.5) is 11.4 Å². The summed E-state index contributed by atoms with van der Waals surface area (Å²) in [6.07, 6.45) is 6.36. The number of nitrogens with one attached hydrogen (secondary N) is 1. The molecule has 1 aromatic carbocycles. The largest absolute Gasteiger partial charge is 0.493 e. The van der Waals surface area contributed by atoms with Crippen LogP contribution >= 0.6 is 0 Å². The van der Waals surface area contributed by atoms with Crippen LogP contribution in [0.25, 0.3) is 0 Å². The molecule has 3 rings (SSSR count). The molecular formula is C18H29N3O2. The van der Waals surface area contributed by atoms with Crippen LogP contribution < -0.4 is 25.4 Å². The minimum absolute atomic E-state index is 0.161. The second kappa shape index (κ2) is 6.48. The van der Waals surface area contributed by atoms with Gasteiger partial charge in [0, 0.05) is 31.3 Å². The maximum Gasteiger partial charge on any atom is 0.162 e. The van der Waals surface area contributed by atoms with E-state index in [1.54, 1.807) is 14.2 Å². The van der Waals surface area contributed by atoms with Gasteiger partial charge in [0.25, 0.3) is 0 Å². The molecular weight excluding hydrogens is 290 g/mol. The summed E-state index contributed by atoms with van der Waals surface area (Å²) in [6.45, 7) is 3.85. The van der Waals surface area contributed by atoms with Gasteiger partial charge in [-0.1, -0.05) is 19.3 Å². The van der Waals surface area contributed by atoms with Crippen molar-refractivity contribution in [1.82, 2.24) is 0 Å². The van der Waals surface area contributed by atoms with Crippen LogP contribution in [0, 0.1) is 0 Å². The Morgan fingerprint density at radius 1 is 1.17 bits per heavy atom. The van der Waals surface area contributed by atoms with E-state index in [1.807, 2.05) is 0 Å². The average molecular weight is 319 g/mol. The molecule has 2 aliphatic rings. The molecule has 1 saturated carbocycles. The van der Waals surface area contributed by atoms with Gasteiger partial charge in [0.05, 0.1) is 31.1 Å². The number of methoxy groups -OCH3 is 2. The molecule has 0 aromatic heterocycles. The highest BCUT2D eigenvalue weighted by Crippen LogP contribution is 2.46. The van der Waals surface area contributed by atoms with Crippen LogP contribution in [0.15, 0.2) is 12.1 Å². The Kier molecular flexibility index (Phi) is 4.57. The van der Waals surface area contributed by atoms with E-state index in [1.165, 1.54) is 32.1 Å². The van der Waals surface area contributed by atoms with E-state index >= 15 is 0 Å².